The average molecular weight is 316 g/mol. The maximum Gasteiger partial charge on any atom is 0.257 e. The smallest absolute Gasteiger partial charge is 0.257 e. The van der Waals surface area contributed by atoms with Crippen molar-refractivity contribution >= 4 is 5.91 Å². The van der Waals surface area contributed by atoms with Gasteiger partial charge in [-0.05, 0) is 25.0 Å². The highest BCUT2D eigenvalue weighted by Gasteiger charge is 2.30. The molecule has 3 rings (SSSR count). The van der Waals surface area contributed by atoms with Gasteiger partial charge in [-0.2, -0.15) is 15.0 Å². The van der Waals surface area contributed by atoms with Crippen LogP contribution in [0.2, 0.25) is 0 Å². The number of hydrogen-bond donors (Lipinski definition) is 2. The molecule has 2 aromatic rings. The van der Waals surface area contributed by atoms with Crippen molar-refractivity contribution in [1.82, 2.24) is 20.3 Å². The summed E-state index contributed by atoms with van der Waals surface area (Å²) in [7, 11) is 1.53. The van der Waals surface area contributed by atoms with Gasteiger partial charge in [0.05, 0.1) is 19.5 Å². The third kappa shape index (κ3) is 3.05. The van der Waals surface area contributed by atoms with Crippen LogP contribution < -0.4 is 10.1 Å². The summed E-state index contributed by atoms with van der Waals surface area (Å²) in [5.74, 6) is 0.343. The van der Waals surface area contributed by atoms with Crippen molar-refractivity contribution in [3.63, 3.8) is 0 Å². The second-order valence-electron chi connectivity index (χ2n) is 5.63. The van der Waals surface area contributed by atoms with Crippen LogP contribution in [0.1, 0.15) is 29.6 Å². The standard InChI is InChI=1S/C16H20N4O3/c1-23-14-7-3-6-13(20-17-8-9-18-20)15(14)16(22)19-12-5-2-4-11(12)10-21/h3,6-9,11-12,21H,2,4-5,10H2,1H3,(H,19,22)/t11-,12+/m1/s1. The van der Waals surface area contributed by atoms with E-state index in [0.717, 1.165) is 19.3 Å². The number of hydrogen-bond acceptors (Lipinski definition) is 5. The summed E-state index contributed by atoms with van der Waals surface area (Å²) < 4.78 is 5.34. The molecule has 2 atom stereocenters. The zero-order valence-electron chi connectivity index (χ0n) is 13.0. The Morgan fingerprint density at radius 1 is 1.39 bits per heavy atom. The summed E-state index contributed by atoms with van der Waals surface area (Å²) >= 11 is 0. The van der Waals surface area contributed by atoms with Crippen molar-refractivity contribution in [3.8, 4) is 11.4 Å². The monoisotopic (exact) mass is 316 g/mol. The van der Waals surface area contributed by atoms with Crippen molar-refractivity contribution < 1.29 is 14.6 Å². The fourth-order valence-electron chi connectivity index (χ4n) is 3.11. The second kappa shape index (κ2) is 6.78. The molecular weight excluding hydrogens is 296 g/mol. The fourth-order valence-corrected chi connectivity index (χ4v) is 3.11. The molecule has 1 aliphatic rings. The molecule has 0 saturated heterocycles. The van der Waals surface area contributed by atoms with Crippen molar-refractivity contribution in [2.75, 3.05) is 13.7 Å². The van der Waals surface area contributed by atoms with E-state index in [4.69, 9.17) is 4.74 Å². The maximum absolute atomic E-state index is 12.8. The Labute approximate surface area is 134 Å². The predicted molar refractivity (Wildman–Crippen MR) is 83.6 cm³/mol. The summed E-state index contributed by atoms with van der Waals surface area (Å²) in [6.07, 6.45) is 5.93. The van der Waals surface area contributed by atoms with Crippen LogP contribution in [0.15, 0.2) is 30.6 Å². The van der Waals surface area contributed by atoms with Crippen LogP contribution in [0, 0.1) is 5.92 Å². The minimum Gasteiger partial charge on any atom is -0.496 e. The third-order valence-corrected chi connectivity index (χ3v) is 4.30. The molecule has 1 heterocycles. The third-order valence-electron chi connectivity index (χ3n) is 4.30. The Morgan fingerprint density at radius 2 is 2.17 bits per heavy atom. The number of methoxy groups -OCH3 is 1. The molecule has 0 radical (unpaired) electrons. The number of carbonyl (C=O) groups excluding carboxylic acids is 1. The van der Waals surface area contributed by atoms with E-state index in [1.807, 2.05) is 0 Å². The number of rotatable bonds is 5. The Hall–Kier alpha value is -2.41. The van der Waals surface area contributed by atoms with Gasteiger partial charge in [0.15, 0.2) is 0 Å². The zero-order valence-corrected chi connectivity index (χ0v) is 13.0. The number of benzene rings is 1. The predicted octanol–water partition coefficient (Wildman–Crippen LogP) is 1.17. The molecule has 23 heavy (non-hydrogen) atoms. The summed E-state index contributed by atoms with van der Waals surface area (Å²) in [5.41, 5.74) is 0.959. The molecule has 1 aromatic carbocycles. The lowest BCUT2D eigenvalue weighted by Gasteiger charge is -2.20. The lowest BCUT2D eigenvalue weighted by atomic mass is 10.0. The van der Waals surface area contributed by atoms with E-state index in [-0.39, 0.29) is 24.5 Å². The van der Waals surface area contributed by atoms with Gasteiger partial charge < -0.3 is 15.2 Å². The highest BCUT2D eigenvalue weighted by Crippen LogP contribution is 2.28. The van der Waals surface area contributed by atoms with Crippen LogP contribution in [0.4, 0.5) is 0 Å². The van der Waals surface area contributed by atoms with Crippen LogP contribution in [0.3, 0.4) is 0 Å². The molecule has 7 heteroatoms. The van der Waals surface area contributed by atoms with E-state index < -0.39 is 0 Å². The maximum atomic E-state index is 12.8. The molecule has 1 saturated carbocycles. The number of aliphatic hydroxyl groups is 1. The molecule has 1 aliphatic carbocycles. The van der Waals surface area contributed by atoms with Crippen molar-refractivity contribution in [2.24, 2.45) is 5.92 Å². The van der Waals surface area contributed by atoms with Crippen molar-refractivity contribution in [2.45, 2.75) is 25.3 Å². The molecule has 2 N–H and O–H groups in total. The number of amides is 1. The van der Waals surface area contributed by atoms with Crippen molar-refractivity contribution in [3.05, 3.63) is 36.2 Å². The van der Waals surface area contributed by atoms with Gasteiger partial charge in [-0.25, -0.2) is 0 Å². The van der Waals surface area contributed by atoms with Gasteiger partial charge >= 0.3 is 0 Å². The largest absolute Gasteiger partial charge is 0.496 e. The molecule has 1 amide bonds. The average Bonchev–Trinajstić information content (AvgIpc) is 3.25. The Morgan fingerprint density at radius 3 is 2.87 bits per heavy atom. The quantitative estimate of drug-likeness (QED) is 0.864. The number of aromatic nitrogens is 3. The molecular formula is C16H20N4O3. The molecule has 1 aromatic heterocycles. The lowest BCUT2D eigenvalue weighted by Crippen LogP contribution is -2.39. The molecule has 0 spiro atoms. The van der Waals surface area contributed by atoms with E-state index in [9.17, 15) is 9.90 Å². The topological polar surface area (TPSA) is 89.3 Å². The highest BCUT2D eigenvalue weighted by atomic mass is 16.5. The van der Waals surface area contributed by atoms with Gasteiger partial charge in [-0.1, -0.05) is 12.5 Å². The number of carbonyl (C=O) groups is 1. The van der Waals surface area contributed by atoms with E-state index in [1.165, 1.54) is 11.9 Å². The number of nitrogens with one attached hydrogen (secondary N) is 1. The summed E-state index contributed by atoms with van der Waals surface area (Å²) in [6, 6.07) is 5.28. The van der Waals surface area contributed by atoms with Gasteiger partial charge in [0.1, 0.15) is 17.0 Å². The van der Waals surface area contributed by atoms with Crippen LogP contribution in [0.25, 0.3) is 5.69 Å². The lowest BCUT2D eigenvalue weighted by molar-refractivity contribution is 0.0912. The van der Waals surface area contributed by atoms with E-state index >= 15 is 0 Å². The molecule has 7 nitrogen and oxygen atoms in total. The molecule has 122 valence electrons. The SMILES string of the molecule is COc1cccc(-n2nccn2)c1C(=O)N[C@H]1CCC[C@@H]1CO. The zero-order chi connectivity index (χ0) is 16.2. The number of aliphatic hydroxyl groups excluding tert-OH is 1. The summed E-state index contributed by atoms with van der Waals surface area (Å²) in [4.78, 5) is 14.2. The van der Waals surface area contributed by atoms with E-state index in [0.29, 0.717) is 17.0 Å². The summed E-state index contributed by atoms with van der Waals surface area (Å²) in [6.45, 7) is 0.0877. The van der Waals surface area contributed by atoms with Gasteiger partial charge in [0.25, 0.3) is 5.91 Å². The minimum absolute atomic E-state index is 0.0177. The van der Waals surface area contributed by atoms with Crippen LogP contribution in [0.5, 0.6) is 5.75 Å². The van der Waals surface area contributed by atoms with Gasteiger partial charge in [0.2, 0.25) is 0 Å². The highest BCUT2D eigenvalue weighted by molar-refractivity contribution is 6.00. The van der Waals surface area contributed by atoms with Crippen LogP contribution >= 0.6 is 0 Å². The second-order valence-corrected chi connectivity index (χ2v) is 5.63. The number of nitrogens with zero attached hydrogens (tertiary/aromatic N) is 3. The van der Waals surface area contributed by atoms with E-state index in [1.54, 1.807) is 30.6 Å². The van der Waals surface area contributed by atoms with Gasteiger partial charge in [0, 0.05) is 18.6 Å². The van der Waals surface area contributed by atoms with Gasteiger partial charge in [-0.15, -0.1) is 0 Å². The molecule has 0 unspecified atom stereocenters. The first-order valence-corrected chi connectivity index (χ1v) is 7.70. The van der Waals surface area contributed by atoms with Crippen LogP contribution in [-0.2, 0) is 0 Å². The minimum atomic E-state index is -0.236. The molecule has 1 fully saturated rings. The Bertz CT molecular complexity index is 672. The Balaban J connectivity index is 1.93. The Kier molecular flexibility index (Phi) is 4.57. The first-order chi connectivity index (χ1) is 11.2. The van der Waals surface area contributed by atoms with E-state index in [2.05, 4.69) is 15.5 Å². The van der Waals surface area contributed by atoms with Gasteiger partial charge in [-0.3, -0.25) is 4.79 Å². The van der Waals surface area contributed by atoms with Crippen molar-refractivity contribution in [1.29, 1.82) is 0 Å². The first kappa shape index (κ1) is 15.5. The first-order valence-electron chi connectivity index (χ1n) is 7.70. The fraction of sp³-hybridized carbons (Fsp3) is 0.438. The number of ether oxygens (including phenoxy) is 1. The normalized spacial score (nSPS) is 20.4. The summed E-state index contributed by atoms with van der Waals surface area (Å²) in [5, 5.41) is 20.6. The molecule has 0 aliphatic heterocycles. The molecule has 0 bridgehead atoms. The van der Waals surface area contributed by atoms with Crippen LogP contribution in [-0.4, -0.2) is 45.8 Å².